The molecule has 0 radical (unpaired) electrons. The average Bonchev–Trinajstić information content (AvgIpc) is 2.84. The van der Waals surface area contributed by atoms with Gasteiger partial charge in [0.1, 0.15) is 0 Å². The molecular formula is C12H14ClN3OS. The summed E-state index contributed by atoms with van der Waals surface area (Å²) in [6, 6.07) is 7.42. The first-order valence-electron chi connectivity index (χ1n) is 5.66. The molecular weight excluding hydrogens is 270 g/mol. The normalized spacial score (nSPS) is 10.8. The third kappa shape index (κ3) is 3.48. The van der Waals surface area contributed by atoms with Crippen molar-refractivity contribution in [2.24, 2.45) is 5.73 Å². The van der Waals surface area contributed by atoms with Gasteiger partial charge >= 0.3 is 0 Å². The summed E-state index contributed by atoms with van der Waals surface area (Å²) in [4.78, 5) is 4.32. The van der Waals surface area contributed by atoms with Gasteiger partial charge in [0.25, 0.3) is 5.89 Å². The highest BCUT2D eigenvalue weighted by Crippen LogP contribution is 2.26. The van der Waals surface area contributed by atoms with Crippen LogP contribution in [0.25, 0.3) is 11.5 Å². The van der Waals surface area contributed by atoms with Crippen LogP contribution in [0.3, 0.4) is 0 Å². The lowest BCUT2D eigenvalue weighted by atomic mass is 10.2. The van der Waals surface area contributed by atoms with Crippen molar-refractivity contribution in [3.05, 3.63) is 35.1 Å². The number of aromatic nitrogens is 2. The first kappa shape index (κ1) is 13.4. The number of nitrogens with zero attached hydrogens (tertiary/aromatic N) is 2. The van der Waals surface area contributed by atoms with Crippen LogP contribution in [-0.4, -0.2) is 22.4 Å². The largest absolute Gasteiger partial charge is 0.334 e. The number of hydrogen-bond acceptors (Lipinski definition) is 5. The van der Waals surface area contributed by atoms with E-state index in [1.54, 1.807) is 17.8 Å². The highest BCUT2D eigenvalue weighted by Gasteiger charge is 2.11. The van der Waals surface area contributed by atoms with Gasteiger partial charge in [-0.15, -0.1) is 0 Å². The number of nitrogens with two attached hydrogens (primary N) is 1. The van der Waals surface area contributed by atoms with Crippen LogP contribution in [-0.2, 0) is 5.75 Å². The molecule has 0 aliphatic rings. The number of rotatable bonds is 6. The Morgan fingerprint density at radius 2 is 2.17 bits per heavy atom. The minimum atomic E-state index is 0.468. The topological polar surface area (TPSA) is 64.9 Å². The highest BCUT2D eigenvalue weighted by molar-refractivity contribution is 7.98. The predicted octanol–water partition coefficient (Wildman–Crippen LogP) is 2.97. The fourth-order valence-corrected chi connectivity index (χ4v) is 2.44. The Bertz CT molecular complexity index is 504. The van der Waals surface area contributed by atoms with Gasteiger partial charge in [-0.05, 0) is 30.9 Å². The second kappa shape index (κ2) is 6.78. The molecule has 6 heteroatoms. The van der Waals surface area contributed by atoms with Crippen LogP contribution >= 0.6 is 23.4 Å². The lowest BCUT2D eigenvalue weighted by Crippen LogP contribution is -1.99. The molecule has 0 aliphatic heterocycles. The van der Waals surface area contributed by atoms with Gasteiger partial charge in [-0.2, -0.15) is 16.7 Å². The lowest BCUT2D eigenvalue weighted by molar-refractivity contribution is 0.425. The van der Waals surface area contributed by atoms with Gasteiger partial charge in [-0.3, -0.25) is 0 Å². The van der Waals surface area contributed by atoms with E-state index < -0.39 is 0 Å². The molecule has 96 valence electrons. The zero-order valence-electron chi connectivity index (χ0n) is 9.80. The van der Waals surface area contributed by atoms with E-state index in [9.17, 15) is 0 Å². The summed E-state index contributed by atoms with van der Waals surface area (Å²) in [6.07, 6.45) is 1.000. The maximum absolute atomic E-state index is 6.07. The fourth-order valence-electron chi connectivity index (χ4n) is 1.41. The zero-order valence-corrected chi connectivity index (χ0v) is 11.4. The Balaban J connectivity index is 2.00. The third-order valence-corrected chi connectivity index (χ3v) is 3.67. The molecule has 0 saturated heterocycles. The Morgan fingerprint density at radius 1 is 1.33 bits per heavy atom. The summed E-state index contributed by atoms with van der Waals surface area (Å²) in [5.41, 5.74) is 6.20. The molecule has 0 amide bonds. The van der Waals surface area contributed by atoms with Gasteiger partial charge < -0.3 is 10.3 Å². The zero-order chi connectivity index (χ0) is 12.8. The van der Waals surface area contributed by atoms with E-state index in [1.165, 1.54) is 0 Å². The molecule has 1 aromatic heterocycles. The monoisotopic (exact) mass is 283 g/mol. The van der Waals surface area contributed by atoms with Crippen LogP contribution in [0.1, 0.15) is 12.2 Å². The second-order valence-corrected chi connectivity index (χ2v) is 5.20. The van der Waals surface area contributed by atoms with Crippen molar-refractivity contribution in [3.8, 4) is 11.5 Å². The Hall–Kier alpha value is -1.04. The number of halogens is 1. The maximum atomic E-state index is 6.07. The smallest absolute Gasteiger partial charge is 0.259 e. The van der Waals surface area contributed by atoms with Crippen LogP contribution in [0.4, 0.5) is 0 Å². The molecule has 2 N–H and O–H groups in total. The van der Waals surface area contributed by atoms with E-state index in [2.05, 4.69) is 10.1 Å². The van der Waals surface area contributed by atoms with Crippen molar-refractivity contribution in [2.75, 3.05) is 12.3 Å². The summed E-state index contributed by atoms with van der Waals surface area (Å²) in [5, 5.41) is 4.55. The Kier molecular flexibility index (Phi) is 5.04. The molecule has 0 spiro atoms. The molecule has 0 atom stereocenters. The molecule has 18 heavy (non-hydrogen) atoms. The second-order valence-electron chi connectivity index (χ2n) is 3.69. The fraction of sp³-hybridized carbons (Fsp3) is 0.333. The van der Waals surface area contributed by atoms with E-state index in [0.29, 0.717) is 23.3 Å². The van der Waals surface area contributed by atoms with Gasteiger partial charge in [0, 0.05) is 0 Å². The number of benzene rings is 1. The summed E-state index contributed by atoms with van der Waals surface area (Å²) in [7, 11) is 0. The maximum Gasteiger partial charge on any atom is 0.259 e. The van der Waals surface area contributed by atoms with Crippen molar-refractivity contribution >= 4 is 23.4 Å². The van der Waals surface area contributed by atoms with Gasteiger partial charge in [0.2, 0.25) is 0 Å². The van der Waals surface area contributed by atoms with E-state index in [0.717, 1.165) is 23.5 Å². The van der Waals surface area contributed by atoms with Crippen LogP contribution in [0.15, 0.2) is 28.8 Å². The molecule has 2 rings (SSSR count). The minimum Gasteiger partial charge on any atom is -0.334 e. The average molecular weight is 284 g/mol. The molecule has 4 nitrogen and oxygen atoms in total. The summed E-state index contributed by atoms with van der Waals surface area (Å²) >= 11 is 7.81. The Morgan fingerprint density at radius 3 is 2.94 bits per heavy atom. The molecule has 0 bridgehead atoms. The van der Waals surface area contributed by atoms with Crippen LogP contribution < -0.4 is 5.73 Å². The summed E-state index contributed by atoms with van der Waals surface area (Å²) in [5.74, 6) is 2.89. The van der Waals surface area contributed by atoms with E-state index in [1.807, 2.05) is 18.2 Å². The van der Waals surface area contributed by atoms with Gasteiger partial charge in [0.05, 0.1) is 16.3 Å². The van der Waals surface area contributed by atoms with Gasteiger partial charge in [-0.1, -0.05) is 28.9 Å². The van der Waals surface area contributed by atoms with Crippen LogP contribution in [0.5, 0.6) is 0 Å². The van der Waals surface area contributed by atoms with Crippen LogP contribution in [0, 0.1) is 0 Å². The first-order valence-corrected chi connectivity index (χ1v) is 7.20. The highest BCUT2D eigenvalue weighted by atomic mass is 35.5. The quantitative estimate of drug-likeness (QED) is 0.826. The van der Waals surface area contributed by atoms with E-state index in [4.69, 9.17) is 21.9 Å². The third-order valence-electron chi connectivity index (χ3n) is 2.30. The molecule has 0 aliphatic carbocycles. The molecule has 1 heterocycles. The molecule has 0 saturated carbocycles. The summed E-state index contributed by atoms with van der Waals surface area (Å²) in [6.45, 7) is 0.712. The Labute approximate surface area is 115 Å². The lowest BCUT2D eigenvalue weighted by Gasteiger charge is -1.96. The molecule has 0 unspecified atom stereocenters. The van der Waals surface area contributed by atoms with Gasteiger partial charge in [-0.25, -0.2) is 0 Å². The van der Waals surface area contributed by atoms with Crippen molar-refractivity contribution in [1.29, 1.82) is 0 Å². The SMILES string of the molecule is NCCCSCc1noc(-c2ccccc2Cl)n1. The summed E-state index contributed by atoms with van der Waals surface area (Å²) < 4.78 is 5.20. The number of hydrogen-bond donors (Lipinski definition) is 1. The van der Waals surface area contributed by atoms with Gasteiger partial charge in [0.15, 0.2) is 5.82 Å². The van der Waals surface area contributed by atoms with Crippen LogP contribution in [0.2, 0.25) is 5.02 Å². The molecule has 0 fully saturated rings. The van der Waals surface area contributed by atoms with Crippen molar-refractivity contribution in [2.45, 2.75) is 12.2 Å². The predicted molar refractivity (Wildman–Crippen MR) is 74.6 cm³/mol. The van der Waals surface area contributed by atoms with Crippen molar-refractivity contribution in [1.82, 2.24) is 10.1 Å². The van der Waals surface area contributed by atoms with Crippen molar-refractivity contribution < 1.29 is 4.52 Å². The standard InChI is InChI=1S/C12H14ClN3OS/c13-10-5-2-1-4-9(10)12-15-11(16-17-12)8-18-7-3-6-14/h1-2,4-5H,3,6-8,14H2. The van der Waals surface area contributed by atoms with Crippen molar-refractivity contribution in [3.63, 3.8) is 0 Å². The van der Waals surface area contributed by atoms with E-state index in [-0.39, 0.29) is 0 Å². The first-order chi connectivity index (χ1) is 8.81. The molecule has 1 aromatic carbocycles. The van der Waals surface area contributed by atoms with E-state index >= 15 is 0 Å². The molecule has 2 aromatic rings. The number of thioether (sulfide) groups is 1. The minimum absolute atomic E-state index is 0.468.